The van der Waals surface area contributed by atoms with Gasteiger partial charge < -0.3 is 21.9 Å². The molecule has 0 saturated carbocycles. The molecule has 8 N–H and O–H groups in total. The number of carbonyl (C=O) groups is 3. The van der Waals surface area contributed by atoms with Gasteiger partial charge >= 0.3 is 5.97 Å². The number of anilines is 4. The van der Waals surface area contributed by atoms with Gasteiger partial charge in [-0.15, -0.1) is 10.2 Å². The minimum Gasteiger partial charge on any atom is -0.478 e. The van der Waals surface area contributed by atoms with Crippen molar-refractivity contribution in [2.45, 2.75) is 11.8 Å². The van der Waals surface area contributed by atoms with Crippen LogP contribution in [0.15, 0.2) is 133 Å². The molecule has 0 unspecified atom stereocenters. The second kappa shape index (κ2) is 14.5. The molecule has 0 saturated heterocycles. The lowest BCUT2D eigenvalue weighted by Gasteiger charge is -2.09. The zero-order valence-corrected chi connectivity index (χ0v) is 26.8. The van der Waals surface area contributed by atoms with Gasteiger partial charge in [0, 0.05) is 11.3 Å². The molecule has 1 aliphatic rings. The second-order valence-electron chi connectivity index (χ2n) is 10.5. The quantitative estimate of drug-likeness (QED) is 0.0265. The minimum atomic E-state index is -4.34. The highest BCUT2D eigenvalue weighted by Crippen LogP contribution is 2.41. The Kier molecular flexibility index (Phi) is 10.0. The van der Waals surface area contributed by atoms with Crippen molar-refractivity contribution in [1.29, 1.82) is 0 Å². The predicted octanol–water partition coefficient (Wildman–Crippen LogP) is 6.41. The van der Waals surface area contributed by atoms with E-state index < -0.39 is 21.9 Å². The zero-order chi connectivity index (χ0) is 36.0. The number of hydrogen-bond donors (Lipinski definition) is 6. The molecule has 0 fully saturated rings. The van der Waals surface area contributed by atoms with Crippen molar-refractivity contribution < 1.29 is 32.5 Å². The van der Waals surface area contributed by atoms with E-state index in [1.54, 1.807) is 61.5 Å². The van der Waals surface area contributed by atoms with Gasteiger partial charge in [-0.05, 0) is 110 Å². The van der Waals surface area contributed by atoms with Gasteiger partial charge in [-0.3, -0.25) is 19.6 Å². The van der Waals surface area contributed by atoms with Crippen molar-refractivity contribution in [3.8, 4) is 0 Å². The Labute approximate surface area is 284 Å². The van der Waals surface area contributed by atoms with Crippen LogP contribution in [0.25, 0.3) is 0 Å². The number of benzene rings is 4. The number of nitrogens with zero attached hydrogens (tertiary/aromatic N) is 5. The van der Waals surface area contributed by atoms with Gasteiger partial charge in [-0.2, -0.15) is 23.7 Å². The summed E-state index contributed by atoms with van der Waals surface area (Å²) >= 11 is 0. The van der Waals surface area contributed by atoms with Crippen LogP contribution < -0.4 is 22.2 Å². The van der Waals surface area contributed by atoms with Crippen LogP contribution in [-0.4, -0.2) is 41.4 Å². The minimum absolute atomic E-state index is 0.110. The maximum Gasteiger partial charge on any atom is 0.339 e. The average Bonchev–Trinajstić information content (AvgIpc) is 3.09. The number of carbonyl (C=O) groups excluding carboxylic acids is 2. The molecular formula is C33H27N9O7S. The Morgan fingerprint density at radius 3 is 2.00 bits per heavy atom. The van der Waals surface area contributed by atoms with Crippen molar-refractivity contribution in [1.82, 2.24) is 0 Å². The van der Waals surface area contributed by atoms with Gasteiger partial charge in [0.15, 0.2) is 5.78 Å². The largest absolute Gasteiger partial charge is 0.478 e. The van der Waals surface area contributed by atoms with Crippen LogP contribution in [0.3, 0.4) is 0 Å². The molecule has 4 aromatic rings. The van der Waals surface area contributed by atoms with Gasteiger partial charge in [-0.1, -0.05) is 0 Å². The van der Waals surface area contributed by atoms with E-state index in [1.165, 1.54) is 30.3 Å². The van der Waals surface area contributed by atoms with Crippen LogP contribution in [0.4, 0.5) is 45.5 Å². The first kappa shape index (κ1) is 34.5. The first-order valence-electron chi connectivity index (χ1n) is 14.4. The number of nitrogens with one attached hydrogen (secondary N) is 2. The van der Waals surface area contributed by atoms with Gasteiger partial charge in [0.1, 0.15) is 16.9 Å². The number of nitrogen functional groups attached to an aromatic ring is 2. The summed E-state index contributed by atoms with van der Waals surface area (Å²) in [5.74, 6) is -2.34. The van der Waals surface area contributed by atoms with Gasteiger partial charge in [0.2, 0.25) is 0 Å². The molecule has 4 aromatic carbocycles. The highest BCUT2D eigenvalue weighted by Gasteiger charge is 2.19. The number of hydrogen-bond acceptors (Lipinski definition) is 13. The number of carboxylic acid groups (broad SMARTS) is 1. The summed E-state index contributed by atoms with van der Waals surface area (Å²) in [6.45, 7) is 1.73. The third-order valence-electron chi connectivity index (χ3n) is 7.02. The molecule has 5 rings (SSSR count). The van der Waals surface area contributed by atoms with Crippen molar-refractivity contribution in [2.24, 2.45) is 25.6 Å². The number of nitrogens with two attached hydrogens (primary N) is 2. The Morgan fingerprint density at radius 2 is 1.38 bits per heavy atom. The van der Waals surface area contributed by atoms with Crippen LogP contribution in [0.2, 0.25) is 0 Å². The normalized spacial score (nSPS) is 13.9. The number of amides is 1. The second-order valence-corrected chi connectivity index (χ2v) is 12.0. The summed E-state index contributed by atoms with van der Waals surface area (Å²) in [6.07, 6.45) is 3.67. The highest BCUT2D eigenvalue weighted by atomic mass is 32.2. The molecule has 0 radical (unpaired) electrons. The van der Waals surface area contributed by atoms with Crippen LogP contribution >= 0.6 is 0 Å². The Hall–Kier alpha value is -6.85. The zero-order valence-electron chi connectivity index (χ0n) is 26.0. The molecule has 0 bridgehead atoms. The maximum atomic E-state index is 12.8. The number of ketones is 1. The number of rotatable bonds is 10. The number of hydrazone groups is 1. The van der Waals surface area contributed by atoms with Gasteiger partial charge in [-0.25, -0.2) is 4.79 Å². The van der Waals surface area contributed by atoms with E-state index in [4.69, 9.17) is 21.1 Å². The molecule has 252 valence electrons. The van der Waals surface area contributed by atoms with E-state index in [9.17, 15) is 22.8 Å². The number of allylic oxidation sites excluding steroid dienone is 3. The standard InChI is InChI=1S/C33H27N9O7S/c1-18-16-27(41-38-23-10-13-25(14-11-23)50(47,48)49)30(35)31(29(18)34)42-39-22-8-6-20(7-9-22)36-32(44)19-2-4-21(5-3-19)37-40-24-12-15-28(43)26(17-24)33(45)46/h2-17,37H,34-35H2,1H3,(H,36,44)(H,45,46)(H,47,48,49)/b40-24+,41-38?,42-39?. The van der Waals surface area contributed by atoms with Gasteiger partial charge in [0.25, 0.3) is 16.0 Å². The smallest absolute Gasteiger partial charge is 0.339 e. The number of azo groups is 2. The SMILES string of the molecule is Cc1cc(N=Nc2ccc(S(=O)(=O)O)cc2)c(N)c(N=Nc2ccc(NC(=O)c3ccc(N/N=C4\C=CC(=O)C(C(=O)O)=C4)cc3)cc2)c1N. The predicted molar refractivity (Wildman–Crippen MR) is 186 cm³/mol. The van der Waals surface area contributed by atoms with E-state index >= 15 is 0 Å². The molecule has 16 nitrogen and oxygen atoms in total. The molecule has 17 heteroatoms. The lowest BCUT2D eigenvalue weighted by Crippen LogP contribution is -2.16. The van der Waals surface area contributed by atoms with Crippen molar-refractivity contribution in [2.75, 3.05) is 22.2 Å². The topological polar surface area (TPSA) is 264 Å². The van der Waals surface area contributed by atoms with Crippen molar-refractivity contribution in [3.05, 3.63) is 114 Å². The van der Waals surface area contributed by atoms with E-state index in [0.717, 1.165) is 12.2 Å². The lowest BCUT2D eigenvalue weighted by atomic mass is 10.0. The van der Waals surface area contributed by atoms with E-state index in [0.29, 0.717) is 33.9 Å². The van der Waals surface area contributed by atoms with Crippen LogP contribution in [0, 0.1) is 6.92 Å². The molecule has 0 atom stereocenters. The molecule has 1 aliphatic carbocycles. The molecule has 0 spiro atoms. The highest BCUT2D eigenvalue weighted by molar-refractivity contribution is 7.85. The number of carboxylic acids is 1. The van der Waals surface area contributed by atoms with E-state index in [1.807, 2.05) is 0 Å². The van der Waals surface area contributed by atoms with Crippen LogP contribution in [0.5, 0.6) is 0 Å². The molecular weight excluding hydrogens is 666 g/mol. The Bertz CT molecular complexity index is 2260. The van der Waals surface area contributed by atoms with Crippen LogP contribution in [0.1, 0.15) is 15.9 Å². The monoisotopic (exact) mass is 693 g/mol. The number of aliphatic carboxylic acids is 1. The fraction of sp³-hybridized carbons (Fsp3) is 0.0303. The summed E-state index contributed by atoms with van der Waals surface area (Å²) in [7, 11) is -4.34. The summed E-state index contributed by atoms with van der Waals surface area (Å²) in [6, 6.07) is 19.6. The third-order valence-corrected chi connectivity index (χ3v) is 7.89. The molecule has 0 aromatic heterocycles. The Balaban J connectivity index is 1.22. The summed E-state index contributed by atoms with van der Waals surface area (Å²) < 4.78 is 31.6. The third kappa shape index (κ3) is 8.35. The van der Waals surface area contributed by atoms with Crippen molar-refractivity contribution in [3.63, 3.8) is 0 Å². The van der Waals surface area contributed by atoms with E-state index in [2.05, 4.69) is 36.3 Å². The summed E-state index contributed by atoms with van der Waals surface area (Å²) in [5.41, 5.74) is 18.7. The first-order valence-corrected chi connectivity index (χ1v) is 15.8. The van der Waals surface area contributed by atoms with Gasteiger partial charge in [0.05, 0.1) is 39.0 Å². The van der Waals surface area contributed by atoms with E-state index in [-0.39, 0.29) is 44.8 Å². The fourth-order valence-electron chi connectivity index (χ4n) is 4.30. The first-order chi connectivity index (χ1) is 23.8. The van der Waals surface area contributed by atoms with Crippen LogP contribution in [-0.2, 0) is 19.7 Å². The maximum absolute atomic E-state index is 12.8. The summed E-state index contributed by atoms with van der Waals surface area (Å²) in [4.78, 5) is 35.3. The molecule has 0 aliphatic heterocycles. The number of aryl methyl sites for hydroxylation is 1. The van der Waals surface area contributed by atoms with Crippen molar-refractivity contribution >= 4 is 79.0 Å². The molecule has 50 heavy (non-hydrogen) atoms. The Morgan fingerprint density at radius 1 is 0.780 bits per heavy atom. The lowest BCUT2D eigenvalue weighted by molar-refractivity contribution is -0.134. The molecule has 0 heterocycles. The summed E-state index contributed by atoms with van der Waals surface area (Å²) in [5, 5.41) is 32.6. The fourth-order valence-corrected chi connectivity index (χ4v) is 4.78. The molecule has 1 amide bonds. The average molecular weight is 694 g/mol.